The lowest BCUT2D eigenvalue weighted by Gasteiger charge is -2.20. The van der Waals surface area contributed by atoms with Gasteiger partial charge in [0.2, 0.25) is 0 Å². The zero-order chi connectivity index (χ0) is 23.4. The highest BCUT2D eigenvalue weighted by Crippen LogP contribution is 2.38. The Labute approximate surface area is 192 Å². The van der Waals surface area contributed by atoms with Crippen LogP contribution in [0.15, 0.2) is 60.7 Å². The molecule has 0 radical (unpaired) electrons. The predicted molar refractivity (Wildman–Crippen MR) is 123 cm³/mol. The molecule has 3 aromatic rings. The van der Waals surface area contributed by atoms with Crippen LogP contribution in [-0.2, 0) is 17.6 Å². The second kappa shape index (κ2) is 9.89. The highest BCUT2D eigenvalue weighted by Gasteiger charge is 2.34. The van der Waals surface area contributed by atoms with Crippen LogP contribution in [0.2, 0.25) is 0 Å². The standard InChI is InChI=1S/C28H24FNO3/c1-33-15-14-21-22(16-18-12-13-18)23(17-30)25(28(32)20-10-6-3-7-11-20)26(29)24(21)27(31)19-8-4-2-5-9-19/h2-11,18H,12-16H2,1H3. The van der Waals surface area contributed by atoms with Crippen molar-refractivity contribution in [3.8, 4) is 6.07 Å². The van der Waals surface area contributed by atoms with Crippen LogP contribution in [0.4, 0.5) is 4.39 Å². The molecule has 33 heavy (non-hydrogen) atoms. The van der Waals surface area contributed by atoms with Gasteiger partial charge in [0.25, 0.3) is 0 Å². The van der Waals surface area contributed by atoms with Gasteiger partial charge in [-0.15, -0.1) is 0 Å². The Balaban J connectivity index is 2.01. The van der Waals surface area contributed by atoms with Crippen LogP contribution in [-0.4, -0.2) is 25.3 Å². The van der Waals surface area contributed by atoms with Gasteiger partial charge in [-0.1, -0.05) is 60.7 Å². The van der Waals surface area contributed by atoms with E-state index in [-0.39, 0.29) is 35.3 Å². The number of ether oxygens (including phenoxy) is 1. The maximum absolute atomic E-state index is 16.2. The van der Waals surface area contributed by atoms with Gasteiger partial charge in [-0.25, -0.2) is 4.39 Å². The minimum atomic E-state index is -0.931. The van der Waals surface area contributed by atoms with E-state index in [9.17, 15) is 14.9 Å². The van der Waals surface area contributed by atoms with Gasteiger partial charge >= 0.3 is 0 Å². The van der Waals surface area contributed by atoms with Crippen molar-refractivity contribution in [2.45, 2.75) is 25.7 Å². The SMILES string of the molecule is COCCc1c(CC2CC2)c(C#N)c(C(=O)c2ccccc2)c(F)c1C(=O)c1ccccc1. The minimum absolute atomic E-state index is 0.0315. The van der Waals surface area contributed by atoms with Crippen molar-refractivity contribution >= 4 is 11.6 Å². The summed E-state index contributed by atoms with van der Waals surface area (Å²) in [5.74, 6) is -1.66. The van der Waals surface area contributed by atoms with Gasteiger partial charge in [-0.3, -0.25) is 9.59 Å². The average molecular weight is 442 g/mol. The third-order valence-corrected chi connectivity index (χ3v) is 6.04. The van der Waals surface area contributed by atoms with E-state index in [0.29, 0.717) is 29.0 Å². The predicted octanol–water partition coefficient (Wildman–Crippen LogP) is 5.30. The fourth-order valence-corrected chi connectivity index (χ4v) is 4.18. The van der Waals surface area contributed by atoms with Gasteiger partial charge in [0.15, 0.2) is 11.6 Å². The van der Waals surface area contributed by atoms with Gasteiger partial charge in [0, 0.05) is 18.2 Å². The monoisotopic (exact) mass is 441 g/mol. The Bertz CT molecular complexity index is 1230. The zero-order valence-corrected chi connectivity index (χ0v) is 18.4. The van der Waals surface area contributed by atoms with E-state index < -0.39 is 17.4 Å². The summed E-state index contributed by atoms with van der Waals surface area (Å²) in [6.45, 7) is 0.267. The van der Waals surface area contributed by atoms with Crippen LogP contribution in [0.1, 0.15) is 61.4 Å². The smallest absolute Gasteiger partial charge is 0.197 e. The molecule has 4 nitrogen and oxygen atoms in total. The summed E-state index contributed by atoms with van der Waals surface area (Å²) in [6.07, 6.45) is 2.83. The minimum Gasteiger partial charge on any atom is -0.384 e. The first kappa shape index (κ1) is 22.6. The Morgan fingerprint density at radius 3 is 1.97 bits per heavy atom. The Kier molecular flexibility index (Phi) is 6.76. The summed E-state index contributed by atoms with van der Waals surface area (Å²) in [4.78, 5) is 27.0. The van der Waals surface area contributed by atoms with E-state index in [1.165, 1.54) is 7.11 Å². The van der Waals surface area contributed by atoms with Crippen molar-refractivity contribution in [3.63, 3.8) is 0 Å². The fourth-order valence-electron chi connectivity index (χ4n) is 4.18. The number of carbonyl (C=O) groups is 2. The lowest BCUT2D eigenvalue weighted by molar-refractivity contribution is 0.103. The van der Waals surface area contributed by atoms with E-state index in [0.717, 1.165) is 12.8 Å². The van der Waals surface area contributed by atoms with Gasteiger partial charge in [0.05, 0.1) is 23.3 Å². The van der Waals surface area contributed by atoms with Crippen molar-refractivity contribution in [1.29, 1.82) is 5.26 Å². The number of methoxy groups -OCH3 is 1. The Hall–Kier alpha value is -3.62. The van der Waals surface area contributed by atoms with Crippen molar-refractivity contribution in [3.05, 3.63) is 105 Å². The molecule has 0 saturated heterocycles. The fraction of sp³-hybridized carbons (Fsp3) is 0.250. The molecule has 1 aliphatic rings. The number of hydrogen-bond donors (Lipinski definition) is 0. The summed E-state index contributed by atoms with van der Waals surface area (Å²) < 4.78 is 21.4. The second-order valence-electron chi connectivity index (χ2n) is 8.29. The van der Waals surface area contributed by atoms with E-state index in [2.05, 4.69) is 6.07 Å². The molecule has 0 spiro atoms. The summed E-state index contributed by atoms with van der Waals surface area (Å²) >= 11 is 0. The summed E-state index contributed by atoms with van der Waals surface area (Å²) in [5, 5.41) is 10.1. The Morgan fingerprint density at radius 1 is 0.939 bits per heavy atom. The average Bonchev–Trinajstić information content (AvgIpc) is 3.68. The maximum Gasteiger partial charge on any atom is 0.197 e. The Morgan fingerprint density at radius 2 is 1.48 bits per heavy atom. The molecule has 4 rings (SSSR count). The van der Waals surface area contributed by atoms with Crippen LogP contribution in [0, 0.1) is 23.1 Å². The van der Waals surface area contributed by atoms with Crippen molar-refractivity contribution in [1.82, 2.24) is 0 Å². The quantitative estimate of drug-likeness (QED) is 0.423. The molecule has 1 saturated carbocycles. The molecule has 0 bridgehead atoms. The van der Waals surface area contributed by atoms with E-state index in [1.807, 2.05) is 0 Å². The summed E-state index contributed by atoms with van der Waals surface area (Å²) in [7, 11) is 1.54. The lowest BCUT2D eigenvalue weighted by atomic mass is 9.82. The largest absolute Gasteiger partial charge is 0.384 e. The third-order valence-electron chi connectivity index (χ3n) is 6.04. The maximum atomic E-state index is 16.2. The van der Waals surface area contributed by atoms with Crippen molar-refractivity contribution < 1.29 is 18.7 Å². The van der Waals surface area contributed by atoms with Crippen LogP contribution >= 0.6 is 0 Å². The molecular weight excluding hydrogens is 417 g/mol. The number of nitriles is 1. The van der Waals surface area contributed by atoms with Crippen molar-refractivity contribution in [2.24, 2.45) is 5.92 Å². The topological polar surface area (TPSA) is 67.2 Å². The number of hydrogen-bond acceptors (Lipinski definition) is 4. The second-order valence-corrected chi connectivity index (χ2v) is 8.29. The first-order valence-electron chi connectivity index (χ1n) is 11.0. The molecule has 0 heterocycles. The van der Waals surface area contributed by atoms with Crippen LogP contribution in [0.5, 0.6) is 0 Å². The van der Waals surface area contributed by atoms with Gasteiger partial charge in [-0.05, 0) is 42.7 Å². The van der Waals surface area contributed by atoms with Gasteiger partial charge in [0.1, 0.15) is 11.9 Å². The molecule has 0 aliphatic heterocycles. The molecule has 0 aromatic heterocycles. The molecule has 0 amide bonds. The highest BCUT2D eigenvalue weighted by molar-refractivity contribution is 6.15. The number of halogens is 1. The molecule has 1 aliphatic carbocycles. The van der Waals surface area contributed by atoms with Crippen molar-refractivity contribution in [2.75, 3.05) is 13.7 Å². The number of nitrogens with zero attached hydrogens (tertiary/aromatic N) is 1. The number of ketones is 2. The summed E-state index contributed by atoms with van der Waals surface area (Å²) in [5.41, 5.74) is 1.24. The molecule has 0 N–H and O–H groups in total. The normalized spacial score (nSPS) is 12.9. The van der Waals surface area contributed by atoms with E-state index >= 15 is 4.39 Å². The summed E-state index contributed by atoms with van der Waals surface area (Å²) in [6, 6.07) is 18.9. The van der Waals surface area contributed by atoms with Crippen LogP contribution in [0.3, 0.4) is 0 Å². The highest BCUT2D eigenvalue weighted by atomic mass is 19.1. The molecule has 166 valence electrons. The molecular formula is C28H24FNO3. The number of rotatable bonds is 9. The number of carbonyl (C=O) groups excluding carboxylic acids is 2. The lowest BCUT2D eigenvalue weighted by Crippen LogP contribution is -2.20. The van der Waals surface area contributed by atoms with E-state index in [1.54, 1.807) is 60.7 Å². The molecule has 1 fully saturated rings. The molecule has 0 atom stereocenters. The number of benzene rings is 3. The van der Waals surface area contributed by atoms with Gasteiger partial charge < -0.3 is 4.74 Å². The molecule has 5 heteroatoms. The first-order chi connectivity index (χ1) is 16.1. The third kappa shape index (κ3) is 4.62. The first-order valence-corrected chi connectivity index (χ1v) is 11.0. The molecule has 3 aromatic carbocycles. The van der Waals surface area contributed by atoms with Crippen LogP contribution in [0.25, 0.3) is 0 Å². The van der Waals surface area contributed by atoms with Gasteiger partial charge in [-0.2, -0.15) is 5.26 Å². The van der Waals surface area contributed by atoms with Crippen LogP contribution < -0.4 is 0 Å². The zero-order valence-electron chi connectivity index (χ0n) is 18.4. The molecule has 0 unspecified atom stereocenters. The van der Waals surface area contributed by atoms with E-state index in [4.69, 9.17) is 4.74 Å².